The molecule has 9 heteroatoms. The van der Waals surface area contributed by atoms with Crippen molar-refractivity contribution < 1.29 is 9.66 Å². The van der Waals surface area contributed by atoms with Crippen LogP contribution in [0.1, 0.15) is 20.3 Å². The van der Waals surface area contributed by atoms with Gasteiger partial charge in [-0.3, -0.25) is 10.1 Å². The molecule has 1 aromatic heterocycles. The molecule has 2 aliphatic rings. The first-order chi connectivity index (χ1) is 11.5. The van der Waals surface area contributed by atoms with Crippen LogP contribution >= 0.6 is 0 Å². The first-order valence-electron chi connectivity index (χ1n) is 8.35. The van der Waals surface area contributed by atoms with E-state index < -0.39 is 4.92 Å². The molecule has 3 rings (SSSR count). The van der Waals surface area contributed by atoms with Gasteiger partial charge in [0.2, 0.25) is 17.6 Å². The Morgan fingerprint density at radius 1 is 1.17 bits per heavy atom. The number of hydrogen-bond donors (Lipinski definition) is 1. The first kappa shape index (κ1) is 16.7. The van der Waals surface area contributed by atoms with Gasteiger partial charge >= 0.3 is 5.69 Å². The molecule has 0 radical (unpaired) electrons. The Balaban J connectivity index is 2.00. The van der Waals surface area contributed by atoms with E-state index in [4.69, 9.17) is 10.5 Å². The minimum atomic E-state index is -0.475. The molecule has 0 saturated carbocycles. The molecule has 2 N–H and O–H groups in total. The molecule has 0 aromatic carbocycles. The van der Waals surface area contributed by atoms with E-state index in [1.165, 1.54) is 0 Å². The van der Waals surface area contributed by atoms with Crippen LogP contribution in [0.15, 0.2) is 0 Å². The van der Waals surface area contributed by atoms with Gasteiger partial charge in [0.15, 0.2) is 0 Å². The van der Waals surface area contributed by atoms with Crippen molar-refractivity contribution in [3.63, 3.8) is 0 Å². The monoisotopic (exact) mass is 336 g/mol. The van der Waals surface area contributed by atoms with Crippen LogP contribution in [0.3, 0.4) is 0 Å². The summed E-state index contributed by atoms with van der Waals surface area (Å²) < 4.78 is 5.34. The molecule has 2 aliphatic heterocycles. The lowest BCUT2D eigenvalue weighted by molar-refractivity contribution is -0.383. The Labute approximate surface area is 140 Å². The van der Waals surface area contributed by atoms with Crippen molar-refractivity contribution in [3.05, 3.63) is 10.1 Å². The van der Waals surface area contributed by atoms with Crippen molar-refractivity contribution in [2.45, 2.75) is 20.3 Å². The molecule has 2 saturated heterocycles. The quantitative estimate of drug-likeness (QED) is 0.649. The third-order valence-corrected chi connectivity index (χ3v) is 4.53. The fourth-order valence-electron chi connectivity index (χ4n) is 3.58. The largest absolute Gasteiger partial charge is 0.378 e. The Morgan fingerprint density at radius 2 is 1.79 bits per heavy atom. The Kier molecular flexibility index (Phi) is 4.70. The van der Waals surface area contributed by atoms with Gasteiger partial charge in [-0.15, -0.1) is 0 Å². The van der Waals surface area contributed by atoms with Crippen molar-refractivity contribution in [1.82, 2.24) is 9.97 Å². The van der Waals surface area contributed by atoms with Crippen molar-refractivity contribution in [2.24, 2.45) is 11.8 Å². The van der Waals surface area contributed by atoms with Gasteiger partial charge in [-0.05, 0) is 18.3 Å². The van der Waals surface area contributed by atoms with Crippen molar-refractivity contribution >= 4 is 23.3 Å². The zero-order valence-electron chi connectivity index (χ0n) is 14.1. The average Bonchev–Trinajstić information content (AvgIpc) is 2.53. The molecule has 0 unspecified atom stereocenters. The Bertz CT molecular complexity index is 609. The number of ether oxygens (including phenoxy) is 1. The normalized spacial score (nSPS) is 24.9. The lowest BCUT2D eigenvalue weighted by Crippen LogP contribution is -2.41. The predicted molar refractivity (Wildman–Crippen MR) is 91.3 cm³/mol. The third kappa shape index (κ3) is 3.35. The van der Waals surface area contributed by atoms with Crippen LogP contribution in [0.5, 0.6) is 0 Å². The third-order valence-electron chi connectivity index (χ3n) is 4.53. The van der Waals surface area contributed by atoms with E-state index in [2.05, 4.69) is 23.8 Å². The van der Waals surface area contributed by atoms with Crippen LogP contribution in [0, 0.1) is 22.0 Å². The molecular weight excluding hydrogens is 312 g/mol. The minimum Gasteiger partial charge on any atom is -0.378 e. The lowest BCUT2D eigenvalue weighted by Gasteiger charge is -2.36. The van der Waals surface area contributed by atoms with Crippen molar-refractivity contribution in [2.75, 3.05) is 54.9 Å². The number of hydrogen-bond acceptors (Lipinski definition) is 8. The molecule has 2 atom stereocenters. The Morgan fingerprint density at radius 3 is 2.38 bits per heavy atom. The van der Waals surface area contributed by atoms with Gasteiger partial charge in [0.1, 0.15) is 0 Å². The summed E-state index contributed by atoms with van der Waals surface area (Å²) in [4.78, 5) is 23.7. The molecule has 24 heavy (non-hydrogen) atoms. The second-order valence-corrected chi connectivity index (χ2v) is 6.79. The molecular formula is C15H24N6O3. The average molecular weight is 336 g/mol. The maximum Gasteiger partial charge on any atom is 0.353 e. The predicted octanol–water partition coefficient (Wildman–Crippen LogP) is 1.29. The number of aromatic nitrogens is 2. The van der Waals surface area contributed by atoms with Crippen LogP contribution < -0.4 is 15.5 Å². The van der Waals surface area contributed by atoms with Gasteiger partial charge < -0.3 is 20.3 Å². The molecule has 9 nitrogen and oxygen atoms in total. The van der Waals surface area contributed by atoms with Gasteiger partial charge in [-0.2, -0.15) is 9.97 Å². The second-order valence-electron chi connectivity index (χ2n) is 6.79. The highest BCUT2D eigenvalue weighted by Gasteiger charge is 2.32. The number of nitro groups is 1. The van der Waals surface area contributed by atoms with Crippen LogP contribution in [0.4, 0.5) is 23.3 Å². The zero-order chi connectivity index (χ0) is 17.3. The van der Waals surface area contributed by atoms with Crippen LogP contribution in [0.2, 0.25) is 0 Å². The van der Waals surface area contributed by atoms with E-state index >= 15 is 0 Å². The number of piperidine rings is 1. The van der Waals surface area contributed by atoms with Crippen LogP contribution in [0.25, 0.3) is 0 Å². The molecule has 0 aliphatic carbocycles. The Hall–Kier alpha value is -2.16. The first-order valence-corrected chi connectivity index (χ1v) is 8.35. The lowest BCUT2D eigenvalue weighted by atomic mass is 9.92. The van der Waals surface area contributed by atoms with E-state index in [0.717, 1.165) is 19.5 Å². The topological polar surface area (TPSA) is 111 Å². The van der Waals surface area contributed by atoms with Crippen LogP contribution in [-0.2, 0) is 4.74 Å². The highest BCUT2D eigenvalue weighted by molar-refractivity contribution is 5.71. The van der Waals surface area contributed by atoms with E-state index in [0.29, 0.717) is 49.9 Å². The summed E-state index contributed by atoms with van der Waals surface area (Å²) in [5.74, 6) is 1.62. The maximum atomic E-state index is 11.5. The fourth-order valence-corrected chi connectivity index (χ4v) is 3.58. The standard InChI is InChI=1S/C15H24N6O3/c1-10-7-11(2)9-20(8-10)14-12(21(22)23)13(16)17-15(18-14)19-3-5-24-6-4-19/h10-11H,3-9H2,1-2H3,(H2,16,17,18)/t10-,11+. The number of nitrogen functional groups attached to an aromatic ring is 1. The molecule has 132 valence electrons. The maximum absolute atomic E-state index is 11.5. The second kappa shape index (κ2) is 6.76. The van der Waals surface area contributed by atoms with Gasteiger partial charge in [0.05, 0.1) is 18.1 Å². The molecule has 1 aromatic rings. The molecule has 3 heterocycles. The SMILES string of the molecule is C[C@@H]1C[C@H](C)CN(c2nc(N3CCOCC3)nc(N)c2[N+](=O)[O-])C1. The van der Waals surface area contributed by atoms with Crippen molar-refractivity contribution in [1.29, 1.82) is 0 Å². The summed E-state index contributed by atoms with van der Waals surface area (Å²) in [5.41, 5.74) is 5.74. The van der Waals surface area contributed by atoms with Crippen LogP contribution in [-0.4, -0.2) is 54.3 Å². The summed E-state index contributed by atoms with van der Waals surface area (Å²) in [6, 6.07) is 0. The van der Waals surface area contributed by atoms with Gasteiger partial charge in [0, 0.05) is 26.2 Å². The minimum absolute atomic E-state index is 0.0719. The molecule has 2 fully saturated rings. The van der Waals surface area contributed by atoms with E-state index in [-0.39, 0.29) is 11.5 Å². The van der Waals surface area contributed by atoms with Gasteiger partial charge in [-0.25, -0.2) is 0 Å². The van der Waals surface area contributed by atoms with E-state index in [1.54, 1.807) is 0 Å². The summed E-state index contributed by atoms with van der Waals surface area (Å²) >= 11 is 0. The highest BCUT2D eigenvalue weighted by atomic mass is 16.6. The van der Waals surface area contributed by atoms with Crippen molar-refractivity contribution in [3.8, 4) is 0 Å². The summed E-state index contributed by atoms with van der Waals surface area (Å²) in [6.07, 6.45) is 1.11. The van der Waals surface area contributed by atoms with E-state index in [1.807, 2.05) is 9.80 Å². The summed E-state index contributed by atoms with van der Waals surface area (Å²) in [7, 11) is 0. The number of nitrogens with zero attached hydrogens (tertiary/aromatic N) is 5. The summed E-state index contributed by atoms with van der Waals surface area (Å²) in [5, 5.41) is 11.5. The fraction of sp³-hybridized carbons (Fsp3) is 0.733. The summed E-state index contributed by atoms with van der Waals surface area (Å²) in [6.45, 7) is 8.28. The number of anilines is 3. The highest BCUT2D eigenvalue weighted by Crippen LogP contribution is 2.36. The molecule has 0 amide bonds. The number of morpholine rings is 1. The molecule has 0 bridgehead atoms. The zero-order valence-corrected chi connectivity index (χ0v) is 14.1. The van der Waals surface area contributed by atoms with E-state index in [9.17, 15) is 10.1 Å². The smallest absolute Gasteiger partial charge is 0.353 e. The van der Waals surface area contributed by atoms with Gasteiger partial charge in [-0.1, -0.05) is 13.8 Å². The molecule has 0 spiro atoms. The number of rotatable bonds is 3. The van der Waals surface area contributed by atoms with Gasteiger partial charge in [0.25, 0.3) is 0 Å². The number of nitrogens with two attached hydrogens (primary N) is 1.